The van der Waals surface area contributed by atoms with Crippen LogP contribution in [0.3, 0.4) is 0 Å². The molecule has 4 aromatic rings. The molecular formula is C32H41F3N10O. The number of nitrogens with one attached hydrogen (secondary N) is 4. The number of hydrogen-bond acceptors (Lipinski definition) is 8. The summed E-state index contributed by atoms with van der Waals surface area (Å²) in [7, 11) is 0. The van der Waals surface area contributed by atoms with Gasteiger partial charge in [-0.25, -0.2) is 9.97 Å². The van der Waals surface area contributed by atoms with E-state index < -0.39 is 11.9 Å². The van der Waals surface area contributed by atoms with Crippen LogP contribution in [0.1, 0.15) is 54.2 Å². The molecule has 0 atom stereocenters. The summed E-state index contributed by atoms with van der Waals surface area (Å²) in [5.41, 5.74) is 6.89. The fraction of sp³-hybridized carbons (Fsp3) is 0.438. The molecule has 4 rings (SSSR count). The molecule has 3 aromatic heterocycles. The number of nitrogens with two attached hydrogens (primary N) is 1. The third-order valence-corrected chi connectivity index (χ3v) is 7.31. The number of unbranched alkanes of at least 4 members (excludes halogenated alkanes) is 1. The van der Waals surface area contributed by atoms with Crippen LogP contribution < -0.4 is 27.0 Å². The van der Waals surface area contributed by atoms with Crippen LogP contribution in [0.4, 0.5) is 24.7 Å². The van der Waals surface area contributed by atoms with E-state index in [0.29, 0.717) is 42.2 Å². The van der Waals surface area contributed by atoms with Gasteiger partial charge in [0.1, 0.15) is 6.54 Å². The Hall–Kier alpha value is -4.45. The number of aryl methyl sites for hydroxylation is 1. The first-order chi connectivity index (χ1) is 22.3. The first kappa shape index (κ1) is 34.4. The summed E-state index contributed by atoms with van der Waals surface area (Å²) in [4.78, 5) is 21.7. The Morgan fingerprint density at radius 3 is 2.48 bits per heavy atom. The smallest absolute Gasteiger partial charge is 0.352 e. The van der Waals surface area contributed by atoms with Gasteiger partial charge in [0.25, 0.3) is 5.91 Å². The van der Waals surface area contributed by atoms with Crippen molar-refractivity contribution in [3.8, 4) is 23.6 Å². The lowest BCUT2D eigenvalue weighted by atomic mass is 10.0. The Kier molecular flexibility index (Phi) is 12.5. The maximum absolute atomic E-state index is 13.8. The highest BCUT2D eigenvalue weighted by molar-refractivity contribution is 5.96. The number of carbonyl (C=O) groups excluding carboxylic acids is 1. The van der Waals surface area contributed by atoms with E-state index in [9.17, 15) is 18.0 Å². The zero-order valence-electron chi connectivity index (χ0n) is 26.0. The van der Waals surface area contributed by atoms with Gasteiger partial charge < -0.3 is 27.0 Å². The van der Waals surface area contributed by atoms with Gasteiger partial charge in [0.05, 0.1) is 17.5 Å². The zero-order chi connectivity index (χ0) is 32.9. The highest BCUT2D eigenvalue weighted by Crippen LogP contribution is 2.37. The van der Waals surface area contributed by atoms with Crippen LogP contribution in [0.5, 0.6) is 0 Å². The van der Waals surface area contributed by atoms with Gasteiger partial charge in [0.15, 0.2) is 17.2 Å². The van der Waals surface area contributed by atoms with E-state index in [0.717, 1.165) is 62.1 Å². The SMILES string of the molecule is C#CCn1cc(-c2cnc3c(Nc4ccc(C(=O)NCCCNCCCCNCCCN)c(CC)c4)nccn23)c(C(F)(F)F)n1. The fourth-order valence-corrected chi connectivity index (χ4v) is 5.01. The van der Waals surface area contributed by atoms with Crippen molar-refractivity contribution < 1.29 is 18.0 Å². The van der Waals surface area contributed by atoms with Crippen molar-refractivity contribution >= 4 is 23.1 Å². The molecular weight excluding hydrogens is 597 g/mol. The predicted molar refractivity (Wildman–Crippen MR) is 173 cm³/mol. The molecule has 14 heteroatoms. The van der Waals surface area contributed by atoms with E-state index in [2.05, 4.69) is 42.3 Å². The first-order valence-corrected chi connectivity index (χ1v) is 15.5. The molecule has 1 aromatic carbocycles. The molecule has 0 aliphatic heterocycles. The van der Waals surface area contributed by atoms with Crippen LogP contribution >= 0.6 is 0 Å². The summed E-state index contributed by atoms with van der Waals surface area (Å²) in [5.74, 6) is 2.50. The average Bonchev–Trinajstić information content (AvgIpc) is 3.67. The second kappa shape index (κ2) is 16.7. The van der Waals surface area contributed by atoms with Crippen LogP contribution in [0, 0.1) is 12.3 Å². The number of hydrogen-bond donors (Lipinski definition) is 5. The van der Waals surface area contributed by atoms with Gasteiger partial charge in [0.2, 0.25) is 0 Å². The average molecular weight is 639 g/mol. The molecule has 1 amide bonds. The summed E-state index contributed by atoms with van der Waals surface area (Å²) in [6.07, 6.45) is 10.8. The third-order valence-electron chi connectivity index (χ3n) is 7.31. The molecule has 0 fully saturated rings. The molecule has 0 radical (unpaired) electrons. The molecule has 246 valence electrons. The van der Waals surface area contributed by atoms with Gasteiger partial charge in [-0.1, -0.05) is 12.8 Å². The van der Waals surface area contributed by atoms with Crippen molar-refractivity contribution in [2.45, 2.75) is 51.7 Å². The topological polar surface area (TPSA) is 139 Å². The number of benzene rings is 1. The molecule has 3 heterocycles. The second-order valence-electron chi connectivity index (χ2n) is 10.7. The Morgan fingerprint density at radius 2 is 1.78 bits per heavy atom. The van der Waals surface area contributed by atoms with Crippen molar-refractivity contribution in [3.63, 3.8) is 0 Å². The number of rotatable bonds is 18. The Labute approximate surface area is 266 Å². The standard InChI is InChI=1S/C32H41F3N10O/c1-3-18-44-22-26(28(43-44)32(33,34)35)27-21-41-30-29(39-17-19-45(27)30)42-24-9-10-25(23(4-2)20-24)31(46)40-16-8-15-38-13-6-5-12-37-14-7-11-36/h1,9-10,17,19-22,37-38H,4-8,11-16,18,36H2,2H3,(H,39,42)(H,40,46). The van der Waals surface area contributed by atoms with Crippen molar-refractivity contribution in [1.82, 2.24) is 40.1 Å². The highest BCUT2D eigenvalue weighted by atomic mass is 19.4. The Morgan fingerprint density at radius 1 is 1.04 bits per heavy atom. The highest BCUT2D eigenvalue weighted by Gasteiger charge is 2.38. The van der Waals surface area contributed by atoms with Gasteiger partial charge >= 0.3 is 6.18 Å². The van der Waals surface area contributed by atoms with Gasteiger partial charge in [-0.05, 0) is 88.6 Å². The van der Waals surface area contributed by atoms with Crippen LogP contribution in [-0.2, 0) is 19.1 Å². The summed E-state index contributed by atoms with van der Waals surface area (Å²) in [6, 6.07) is 5.38. The number of anilines is 2. The van der Waals surface area contributed by atoms with Crippen LogP contribution in [0.15, 0.2) is 43.0 Å². The number of amides is 1. The quantitative estimate of drug-likeness (QED) is 0.0815. The lowest BCUT2D eigenvalue weighted by Crippen LogP contribution is -2.28. The van der Waals surface area contributed by atoms with Gasteiger partial charge in [0, 0.05) is 36.4 Å². The number of alkyl halides is 3. The third kappa shape index (κ3) is 9.06. The van der Waals surface area contributed by atoms with Gasteiger partial charge in [-0.3, -0.25) is 13.9 Å². The minimum absolute atomic E-state index is 0.103. The van der Waals surface area contributed by atoms with Gasteiger partial charge in [-0.2, -0.15) is 18.3 Å². The summed E-state index contributed by atoms with van der Waals surface area (Å²) < 4.78 is 44.0. The monoisotopic (exact) mass is 638 g/mol. The molecule has 0 saturated carbocycles. The lowest BCUT2D eigenvalue weighted by Gasteiger charge is -2.13. The molecule has 0 aliphatic rings. The Balaban J connectivity index is 1.36. The summed E-state index contributed by atoms with van der Waals surface area (Å²) >= 11 is 0. The number of fused-ring (bicyclic) bond motifs is 1. The largest absolute Gasteiger partial charge is 0.435 e. The molecule has 0 saturated heterocycles. The number of nitrogens with zero attached hydrogens (tertiary/aromatic N) is 5. The first-order valence-electron chi connectivity index (χ1n) is 15.5. The molecule has 0 unspecified atom stereocenters. The molecule has 6 N–H and O–H groups in total. The number of imidazole rings is 1. The van der Waals surface area contributed by atoms with Crippen LogP contribution in [0.25, 0.3) is 16.9 Å². The van der Waals surface area contributed by atoms with Crippen molar-refractivity contribution in [2.75, 3.05) is 44.6 Å². The van der Waals surface area contributed by atoms with Crippen molar-refractivity contribution in [3.05, 3.63) is 59.8 Å². The van der Waals surface area contributed by atoms with E-state index in [1.165, 1.54) is 29.2 Å². The number of aromatic nitrogens is 5. The maximum Gasteiger partial charge on any atom is 0.435 e. The summed E-state index contributed by atoms with van der Waals surface area (Å²) in [5, 5.41) is 16.6. The molecule has 11 nitrogen and oxygen atoms in total. The van der Waals surface area contributed by atoms with Crippen molar-refractivity contribution in [1.29, 1.82) is 0 Å². The van der Waals surface area contributed by atoms with Gasteiger partial charge in [-0.15, -0.1) is 6.42 Å². The molecule has 46 heavy (non-hydrogen) atoms. The van der Waals surface area contributed by atoms with E-state index in [4.69, 9.17) is 12.2 Å². The molecule has 0 bridgehead atoms. The van der Waals surface area contributed by atoms with E-state index in [1.807, 2.05) is 13.0 Å². The van der Waals surface area contributed by atoms with Crippen LogP contribution in [-0.4, -0.2) is 69.3 Å². The maximum atomic E-state index is 13.8. The predicted octanol–water partition coefficient (Wildman–Crippen LogP) is 3.98. The zero-order valence-corrected chi connectivity index (χ0v) is 26.0. The second-order valence-corrected chi connectivity index (χ2v) is 10.7. The molecule has 0 spiro atoms. The number of carbonyl (C=O) groups is 1. The van der Waals surface area contributed by atoms with E-state index >= 15 is 0 Å². The van der Waals surface area contributed by atoms with Crippen LogP contribution in [0.2, 0.25) is 0 Å². The minimum Gasteiger partial charge on any atom is -0.352 e. The normalized spacial score (nSPS) is 11.6. The fourth-order valence-electron chi connectivity index (χ4n) is 5.01. The lowest BCUT2D eigenvalue weighted by molar-refractivity contribution is -0.141. The van der Waals surface area contributed by atoms with E-state index in [1.54, 1.807) is 12.1 Å². The Bertz CT molecular complexity index is 1620. The number of halogens is 3. The minimum atomic E-state index is -4.68. The van der Waals surface area contributed by atoms with E-state index in [-0.39, 0.29) is 23.7 Å². The number of terminal acetylenes is 1. The summed E-state index contributed by atoms with van der Waals surface area (Å²) in [6.45, 7) is 6.85. The van der Waals surface area contributed by atoms with Crippen molar-refractivity contribution in [2.24, 2.45) is 5.73 Å². The molecule has 0 aliphatic carbocycles.